The Morgan fingerprint density at radius 2 is 1.97 bits per heavy atom. The zero-order valence-electron chi connectivity index (χ0n) is 18.0. The van der Waals surface area contributed by atoms with Gasteiger partial charge in [0.2, 0.25) is 5.91 Å². The number of hydrogen-bond acceptors (Lipinski definition) is 5. The Kier molecular flexibility index (Phi) is 6.94. The van der Waals surface area contributed by atoms with Crippen LogP contribution < -0.4 is 16.0 Å². The lowest BCUT2D eigenvalue weighted by atomic mass is 9.92. The highest BCUT2D eigenvalue weighted by Gasteiger charge is 2.25. The molecule has 6 nitrogen and oxygen atoms in total. The Morgan fingerprint density at radius 3 is 2.69 bits per heavy atom. The fourth-order valence-electron chi connectivity index (χ4n) is 4.19. The Hall–Kier alpha value is -3.48. The van der Waals surface area contributed by atoms with Crippen LogP contribution >= 0.6 is 0 Å². The van der Waals surface area contributed by atoms with Crippen LogP contribution in [0.4, 0.5) is 16.0 Å². The van der Waals surface area contributed by atoms with E-state index in [1.54, 1.807) is 24.5 Å². The molecular weight excluding hydrogens is 405 g/mol. The number of anilines is 2. The summed E-state index contributed by atoms with van der Waals surface area (Å²) >= 11 is 0. The third kappa shape index (κ3) is 5.22. The summed E-state index contributed by atoms with van der Waals surface area (Å²) in [4.78, 5) is 23.8. The molecule has 0 spiro atoms. The zero-order chi connectivity index (χ0) is 22.3. The Balaban J connectivity index is 1.63. The normalized spacial score (nSPS) is 14.7. The predicted molar refractivity (Wildman–Crippen MR) is 124 cm³/mol. The molecule has 166 valence electrons. The minimum Gasteiger partial charge on any atom is -0.369 e. The molecule has 1 saturated heterocycles. The lowest BCUT2D eigenvalue weighted by Gasteiger charge is -2.29. The number of carbonyl (C=O) groups is 1. The number of rotatable bonds is 8. The Morgan fingerprint density at radius 1 is 1.12 bits per heavy atom. The maximum Gasteiger partial charge on any atom is 0.229 e. The highest BCUT2D eigenvalue weighted by molar-refractivity contribution is 5.87. The second-order valence-corrected chi connectivity index (χ2v) is 8.08. The molecule has 3 aromatic rings. The van der Waals surface area contributed by atoms with Crippen molar-refractivity contribution >= 4 is 17.5 Å². The summed E-state index contributed by atoms with van der Waals surface area (Å²) in [5.41, 5.74) is 8.14. The molecule has 1 aliphatic rings. The highest BCUT2D eigenvalue weighted by Crippen LogP contribution is 2.31. The van der Waals surface area contributed by atoms with Gasteiger partial charge < -0.3 is 16.0 Å². The number of nitrogens with zero attached hydrogens (tertiary/aromatic N) is 3. The third-order valence-electron chi connectivity index (χ3n) is 5.80. The second-order valence-electron chi connectivity index (χ2n) is 8.08. The van der Waals surface area contributed by atoms with E-state index in [4.69, 9.17) is 10.7 Å². The van der Waals surface area contributed by atoms with E-state index in [9.17, 15) is 9.18 Å². The van der Waals surface area contributed by atoms with Crippen molar-refractivity contribution in [2.75, 3.05) is 29.9 Å². The molecule has 1 unspecified atom stereocenters. The van der Waals surface area contributed by atoms with Crippen molar-refractivity contribution < 1.29 is 9.18 Å². The van der Waals surface area contributed by atoms with E-state index in [1.165, 1.54) is 18.6 Å². The standard InChI is InChI=1S/C25H28FN5O/c26-20-8-4-6-18(16-20)11-13-29-25-21(23(24(27)32)19-7-5-12-28-17-19)9-10-22(30-25)31-14-2-1-3-15-31/h4-10,12,16-17,23H,1-3,11,13-15H2,(H2,27,32)(H,29,30). The van der Waals surface area contributed by atoms with E-state index in [0.717, 1.165) is 42.9 Å². The maximum absolute atomic E-state index is 13.5. The van der Waals surface area contributed by atoms with Gasteiger partial charge in [-0.3, -0.25) is 9.78 Å². The van der Waals surface area contributed by atoms with E-state index in [2.05, 4.69) is 15.2 Å². The third-order valence-corrected chi connectivity index (χ3v) is 5.80. The van der Waals surface area contributed by atoms with Crippen LogP contribution in [0.2, 0.25) is 0 Å². The number of aromatic nitrogens is 2. The van der Waals surface area contributed by atoms with Gasteiger partial charge in [0, 0.05) is 37.6 Å². The monoisotopic (exact) mass is 433 g/mol. The van der Waals surface area contributed by atoms with Gasteiger partial charge in [0.1, 0.15) is 17.5 Å². The van der Waals surface area contributed by atoms with E-state index >= 15 is 0 Å². The molecule has 1 amide bonds. The van der Waals surface area contributed by atoms with Crippen LogP contribution in [0.1, 0.15) is 41.9 Å². The molecular formula is C25H28FN5O. The second kappa shape index (κ2) is 10.2. The minimum atomic E-state index is -0.664. The van der Waals surface area contributed by atoms with Crippen LogP contribution in [0, 0.1) is 5.82 Å². The van der Waals surface area contributed by atoms with Crippen LogP contribution in [0.5, 0.6) is 0 Å². The predicted octanol–water partition coefficient (Wildman–Crippen LogP) is 3.88. The quantitative estimate of drug-likeness (QED) is 0.563. The van der Waals surface area contributed by atoms with Gasteiger partial charge in [0.15, 0.2) is 0 Å². The average Bonchev–Trinajstić information content (AvgIpc) is 2.81. The van der Waals surface area contributed by atoms with E-state index in [1.807, 2.05) is 24.3 Å². The van der Waals surface area contributed by atoms with Gasteiger partial charge in [-0.15, -0.1) is 0 Å². The molecule has 3 N–H and O–H groups in total. The molecule has 2 aromatic heterocycles. The molecule has 7 heteroatoms. The van der Waals surface area contributed by atoms with Crippen molar-refractivity contribution in [3.8, 4) is 0 Å². The van der Waals surface area contributed by atoms with E-state index < -0.39 is 11.8 Å². The number of primary amides is 1. The number of piperidine rings is 1. The summed E-state index contributed by atoms with van der Waals surface area (Å²) in [5.74, 6) is 0.133. The van der Waals surface area contributed by atoms with Crippen LogP contribution in [0.3, 0.4) is 0 Å². The van der Waals surface area contributed by atoms with Gasteiger partial charge in [-0.05, 0) is 61.1 Å². The number of hydrogen-bond donors (Lipinski definition) is 2. The molecule has 1 aromatic carbocycles. The fraction of sp³-hybridized carbons (Fsp3) is 0.320. The largest absolute Gasteiger partial charge is 0.369 e. The summed E-state index contributed by atoms with van der Waals surface area (Å²) < 4.78 is 13.5. The van der Waals surface area contributed by atoms with Gasteiger partial charge in [-0.25, -0.2) is 9.37 Å². The maximum atomic E-state index is 13.5. The molecule has 0 radical (unpaired) electrons. The summed E-state index contributed by atoms with van der Waals surface area (Å²) in [6.07, 6.45) is 7.47. The molecule has 1 fully saturated rings. The van der Waals surface area contributed by atoms with E-state index in [0.29, 0.717) is 24.3 Å². The van der Waals surface area contributed by atoms with Crippen LogP contribution in [0.25, 0.3) is 0 Å². The lowest BCUT2D eigenvalue weighted by Crippen LogP contribution is -2.31. The summed E-state index contributed by atoms with van der Waals surface area (Å²) in [7, 11) is 0. The van der Waals surface area contributed by atoms with Crippen molar-refractivity contribution in [1.29, 1.82) is 0 Å². The zero-order valence-corrected chi connectivity index (χ0v) is 18.0. The number of carbonyl (C=O) groups excluding carboxylic acids is 1. The van der Waals surface area contributed by atoms with Crippen molar-refractivity contribution in [2.45, 2.75) is 31.6 Å². The number of nitrogens with two attached hydrogens (primary N) is 1. The van der Waals surface area contributed by atoms with Crippen molar-refractivity contribution in [2.24, 2.45) is 5.73 Å². The first-order valence-corrected chi connectivity index (χ1v) is 11.1. The molecule has 1 atom stereocenters. The molecule has 0 aliphatic carbocycles. The van der Waals surface area contributed by atoms with Crippen LogP contribution in [0.15, 0.2) is 60.9 Å². The number of nitrogens with one attached hydrogen (secondary N) is 1. The fourth-order valence-corrected chi connectivity index (χ4v) is 4.19. The highest BCUT2D eigenvalue weighted by atomic mass is 19.1. The van der Waals surface area contributed by atoms with Gasteiger partial charge in [0.05, 0.1) is 5.92 Å². The van der Waals surface area contributed by atoms with Crippen molar-refractivity contribution in [3.63, 3.8) is 0 Å². The topological polar surface area (TPSA) is 84.1 Å². The number of amides is 1. The molecule has 0 bridgehead atoms. The first-order valence-electron chi connectivity index (χ1n) is 11.1. The minimum absolute atomic E-state index is 0.251. The molecule has 4 rings (SSSR count). The lowest BCUT2D eigenvalue weighted by molar-refractivity contribution is -0.118. The van der Waals surface area contributed by atoms with Crippen molar-refractivity contribution in [1.82, 2.24) is 9.97 Å². The number of benzene rings is 1. The molecule has 0 saturated carbocycles. The van der Waals surface area contributed by atoms with Gasteiger partial charge in [-0.1, -0.05) is 24.3 Å². The first kappa shape index (κ1) is 21.7. The van der Waals surface area contributed by atoms with Crippen LogP contribution in [-0.2, 0) is 11.2 Å². The Bertz CT molecular complexity index is 1050. The van der Waals surface area contributed by atoms with E-state index in [-0.39, 0.29) is 5.82 Å². The SMILES string of the molecule is NC(=O)C(c1cccnc1)c1ccc(N2CCCCC2)nc1NCCc1cccc(F)c1. The summed E-state index contributed by atoms with van der Waals surface area (Å²) in [6.45, 7) is 2.49. The molecule has 32 heavy (non-hydrogen) atoms. The first-order chi connectivity index (χ1) is 15.6. The van der Waals surface area contributed by atoms with Gasteiger partial charge in [0.25, 0.3) is 0 Å². The summed E-state index contributed by atoms with van der Waals surface area (Å²) in [5, 5.41) is 3.38. The number of halogens is 1. The van der Waals surface area contributed by atoms with Gasteiger partial charge in [-0.2, -0.15) is 0 Å². The summed E-state index contributed by atoms with van der Waals surface area (Å²) in [6, 6.07) is 14.1. The molecule has 3 heterocycles. The van der Waals surface area contributed by atoms with Crippen LogP contribution in [-0.4, -0.2) is 35.5 Å². The number of pyridine rings is 2. The van der Waals surface area contributed by atoms with Gasteiger partial charge >= 0.3 is 0 Å². The Labute approximate surface area is 187 Å². The smallest absolute Gasteiger partial charge is 0.229 e. The molecule has 1 aliphatic heterocycles. The average molecular weight is 434 g/mol. The van der Waals surface area contributed by atoms with Crippen molar-refractivity contribution in [3.05, 3.63) is 83.4 Å².